The SMILES string of the molecule is OCC1CCCC1CNCc1cc(F)c(F)c(F)c1. The van der Waals surface area contributed by atoms with Crippen molar-refractivity contribution in [3.8, 4) is 0 Å². The maximum Gasteiger partial charge on any atom is 0.194 e. The van der Waals surface area contributed by atoms with E-state index in [-0.39, 0.29) is 6.61 Å². The summed E-state index contributed by atoms with van der Waals surface area (Å²) in [4.78, 5) is 0. The Hall–Kier alpha value is -1.07. The van der Waals surface area contributed by atoms with Crippen LogP contribution in [-0.4, -0.2) is 18.3 Å². The summed E-state index contributed by atoms with van der Waals surface area (Å²) in [6.45, 7) is 1.18. The third-order valence-corrected chi connectivity index (χ3v) is 3.83. The van der Waals surface area contributed by atoms with Crippen LogP contribution in [0.25, 0.3) is 0 Å². The molecule has 0 heterocycles. The maximum absolute atomic E-state index is 13.0. The average molecular weight is 273 g/mol. The van der Waals surface area contributed by atoms with Crippen LogP contribution >= 0.6 is 0 Å². The highest BCUT2D eigenvalue weighted by Crippen LogP contribution is 2.30. The first-order valence-corrected chi connectivity index (χ1v) is 6.56. The van der Waals surface area contributed by atoms with Crippen LogP contribution < -0.4 is 5.32 Å². The van der Waals surface area contributed by atoms with Crippen LogP contribution in [0.1, 0.15) is 24.8 Å². The fraction of sp³-hybridized carbons (Fsp3) is 0.571. The van der Waals surface area contributed by atoms with E-state index in [1.54, 1.807) is 0 Å². The van der Waals surface area contributed by atoms with Gasteiger partial charge in [0.25, 0.3) is 0 Å². The van der Waals surface area contributed by atoms with Crippen molar-refractivity contribution >= 4 is 0 Å². The fourth-order valence-corrected chi connectivity index (χ4v) is 2.73. The van der Waals surface area contributed by atoms with E-state index in [9.17, 15) is 18.3 Å². The monoisotopic (exact) mass is 273 g/mol. The third kappa shape index (κ3) is 3.48. The Morgan fingerprint density at radius 3 is 2.37 bits per heavy atom. The predicted octanol–water partition coefficient (Wildman–Crippen LogP) is 2.60. The molecule has 0 radical (unpaired) electrons. The number of hydrogen-bond donors (Lipinski definition) is 2. The van der Waals surface area contributed by atoms with E-state index in [0.717, 1.165) is 31.4 Å². The Morgan fingerprint density at radius 2 is 1.74 bits per heavy atom. The average Bonchev–Trinajstić information content (AvgIpc) is 2.83. The predicted molar refractivity (Wildman–Crippen MR) is 65.9 cm³/mol. The molecule has 0 saturated heterocycles. The molecule has 19 heavy (non-hydrogen) atoms. The van der Waals surface area contributed by atoms with Gasteiger partial charge in [-0.3, -0.25) is 0 Å². The van der Waals surface area contributed by atoms with Crippen molar-refractivity contribution in [2.45, 2.75) is 25.8 Å². The minimum Gasteiger partial charge on any atom is -0.396 e. The molecule has 1 aliphatic carbocycles. The van der Waals surface area contributed by atoms with Gasteiger partial charge in [0.15, 0.2) is 17.5 Å². The van der Waals surface area contributed by atoms with Gasteiger partial charge in [-0.15, -0.1) is 0 Å². The number of hydrogen-bond acceptors (Lipinski definition) is 2. The van der Waals surface area contributed by atoms with Crippen LogP contribution in [-0.2, 0) is 6.54 Å². The van der Waals surface area contributed by atoms with Crippen LogP contribution in [0.2, 0.25) is 0 Å². The van der Waals surface area contributed by atoms with Gasteiger partial charge < -0.3 is 10.4 Å². The second-order valence-electron chi connectivity index (χ2n) is 5.14. The van der Waals surface area contributed by atoms with E-state index in [1.165, 1.54) is 0 Å². The molecule has 5 heteroatoms. The minimum atomic E-state index is -1.43. The molecule has 2 unspecified atom stereocenters. The molecule has 2 rings (SSSR count). The topological polar surface area (TPSA) is 32.3 Å². The lowest BCUT2D eigenvalue weighted by Gasteiger charge is -2.17. The van der Waals surface area contributed by atoms with Crippen molar-refractivity contribution in [1.29, 1.82) is 0 Å². The number of aliphatic hydroxyl groups is 1. The Bertz CT molecular complexity index is 416. The van der Waals surface area contributed by atoms with Gasteiger partial charge in [0.1, 0.15) is 0 Å². The van der Waals surface area contributed by atoms with E-state index in [2.05, 4.69) is 5.32 Å². The Kier molecular flexibility index (Phi) is 4.82. The fourth-order valence-electron chi connectivity index (χ4n) is 2.73. The van der Waals surface area contributed by atoms with Crippen LogP contribution in [0.5, 0.6) is 0 Å². The van der Waals surface area contributed by atoms with E-state index in [4.69, 9.17) is 0 Å². The van der Waals surface area contributed by atoms with Crippen molar-refractivity contribution in [3.63, 3.8) is 0 Å². The summed E-state index contributed by atoms with van der Waals surface area (Å²) in [5.74, 6) is -3.04. The van der Waals surface area contributed by atoms with E-state index in [0.29, 0.717) is 30.5 Å². The molecule has 106 valence electrons. The van der Waals surface area contributed by atoms with Crippen molar-refractivity contribution in [3.05, 3.63) is 35.1 Å². The Morgan fingerprint density at radius 1 is 1.11 bits per heavy atom. The van der Waals surface area contributed by atoms with Crippen LogP contribution in [0.4, 0.5) is 13.2 Å². The first-order chi connectivity index (χ1) is 9.11. The quantitative estimate of drug-likeness (QED) is 0.808. The number of benzene rings is 1. The number of halogens is 3. The minimum absolute atomic E-state index is 0.187. The summed E-state index contributed by atoms with van der Waals surface area (Å²) < 4.78 is 38.8. The van der Waals surface area contributed by atoms with E-state index >= 15 is 0 Å². The summed E-state index contributed by atoms with van der Waals surface area (Å²) in [6, 6.07) is 2.01. The molecule has 0 bridgehead atoms. The smallest absolute Gasteiger partial charge is 0.194 e. The highest BCUT2D eigenvalue weighted by molar-refractivity contribution is 5.19. The van der Waals surface area contributed by atoms with Crippen LogP contribution in [0, 0.1) is 29.3 Å². The van der Waals surface area contributed by atoms with Gasteiger partial charge in [-0.2, -0.15) is 0 Å². The molecule has 2 nitrogen and oxygen atoms in total. The highest BCUT2D eigenvalue weighted by Gasteiger charge is 2.25. The van der Waals surface area contributed by atoms with Gasteiger partial charge in [-0.1, -0.05) is 6.42 Å². The molecule has 1 aromatic carbocycles. The lowest BCUT2D eigenvalue weighted by Crippen LogP contribution is -2.26. The molecule has 1 aromatic rings. The zero-order valence-electron chi connectivity index (χ0n) is 10.6. The summed E-state index contributed by atoms with van der Waals surface area (Å²) in [7, 11) is 0. The van der Waals surface area contributed by atoms with Gasteiger partial charge in [-0.25, -0.2) is 13.2 Å². The van der Waals surface area contributed by atoms with Crippen LogP contribution in [0.15, 0.2) is 12.1 Å². The zero-order valence-corrected chi connectivity index (χ0v) is 10.6. The summed E-state index contributed by atoms with van der Waals surface area (Å²) in [5.41, 5.74) is 0.384. The lowest BCUT2D eigenvalue weighted by atomic mass is 9.97. The van der Waals surface area contributed by atoms with Crippen molar-refractivity contribution in [2.24, 2.45) is 11.8 Å². The first kappa shape index (κ1) is 14.3. The zero-order chi connectivity index (χ0) is 13.8. The maximum atomic E-state index is 13.0. The van der Waals surface area contributed by atoms with Crippen LogP contribution in [0.3, 0.4) is 0 Å². The first-order valence-electron chi connectivity index (χ1n) is 6.56. The Labute approximate surface area is 110 Å². The van der Waals surface area contributed by atoms with Gasteiger partial charge in [-0.05, 0) is 48.9 Å². The molecule has 2 atom stereocenters. The van der Waals surface area contributed by atoms with Crippen molar-refractivity contribution in [1.82, 2.24) is 5.32 Å². The Balaban J connectivity index is 1.86. The molecular formula is C14H18F3NO. The van der Waals surface area contributed by atoms with Gasteiger partial charge in [0.05, 0.1) is 0 Å². The highest BCUT2D eigenvalue weighted by atomic mass is 19.2. The third-order valence-electron chi connectivity index (χ3n) is 3.83. The van der Waals surface area contributed by atoms with E-state index in [1.807, 2.05) is 0 Å². The van der Waals surface area contributed by atoms with Crippen molar-refractivity contribution in [2.75, 3.05) is 13.2 Å². The summed E-state index contributed by atoms with van der Waals surface area (Å²) >= 11 is 0. The molecule has 0 aromatic heterocycles. The molecular weight excluding hydrogens is 255 g/mol. The molecule has 1 fully saturated rings. The molecule has 1 aliphatic rings. The molecule has 1 saturated carbocycles. The second kappa shape index (κ2) is 6.39. The molecule has 2 N–H and O–H groups in total. The number of nitrogens with one attached hydrogen (secondary N) is 1. The molecule has 0 spiro atoms. The van der Waals surface area contributed by atoms with E-state index < -0.39 is 17.5 Å². The molecule has 0 aliphatic heterocycles. The second-order valence-corrected chi connectivity index (χ2v) is 5.14. The van der Waals surface area contributed by atoms with Gasteiger partial charge in [0, 0.05) is 13.2 Å². The largest absolute Gasteiger partial charge is 0.396 e. The number of rotatable bonds is 5. The summed E-state index contributed by atoms with van der Waals surface area (Å²) in [6.07, 6.45) is 3.20. The number of aliphatic hydroxyl groups excluding tert-OH is 1. The lowest BCUT2D eigenvalue weighted by molar-refractivity contribution is 0.192. The van der Waals surface area contributed by atoms with Gasteiger partial charge >= 0.3 is 0 Å². The normalized spacial score (nSPS) is 22.9. The van der Waals surface area contributed by atoms with Gasteiger partial charge in [0.2, 0.25) is 0 Å². The summed E-state index contributed by atoms with van der Waals surface area (Å²) in [5, 5.41) is 12.3. The molecule has 0 amide bonds. The van der Waals surface area contributed by atoms with Crippen molar-refractivity contribution < 1.29 is 18.3 Å². The standard InChI is InChI=1S/C14H18F3NO/c15-12-4-9(5-13(16)14(12)17)6-18-7-10-2-1-3-11(10)8-19/h4-5,10-11,18-19H,1-3,6-8H2.